The molecule has 0 saturated carbocycles. The van der Waals surface area contributed by atoms with E-state index in [0.717, 1.165) is 24.2 Å². The number of nitrogens with one attached hydrogen (secondary N) is 1. The van der Waals surface area contributed by atoms with E-state index >= 15 is 0 Å². The molecule has 0 unspecified atom stereocenters. The summed E-state index contributed by atoms with van der Waals surface area (Å²) in [6, 6.07) is 0.810. The maximum atomic E-state index is 13.3. The molecule has 0 amide bonds. The van der Waals surface area contributed by atoms with Crippen LogP contribution in [-0.4, -0.2) is 29.0 Å². The van der Waals surface area contributed by atoms with Gasteiger partial charge in [-0.05, 0) is 6.42 Å². The zero-order valence-corrected chi connectivity index (χ0v) is 9.78. The molecule has 2 N–H and O–H groups in total. The summed E-state index contributed by atoms with van der Waals surface area (Å²) >= 11 is 1.06. The Hall–Kier alpha value is -0.880. The Morgan fingerprint density at radius 1 is 1.44 bits per heavy atom. The maximum Gasteiger partial charge on any atom is 0.168 e. The van der Waals surface area contributed by atoms with Crippen LogP contribution in [0.3, 0.4) is 0 Å². The minimum Gasteiger partial charge on any atom is -0.396 e. The van der Waals surface area contributed by atoms with Crippen molar-refractivity contribution in [3.05, 3.63) is 17.7 Å². The highest BCUT2D eigenvalue weighted by Gasteiger charge is 2.11. The van der Waals surface area contributed by atoms with E-state index in [2.05, 4.69) is 10.3 Å². The number of aromatic nitrogens is 1. The summed E-state index contributed by atoms with van der Waals surface area (Å²) in [6.07, 6.45) is 0.831. The lowest BCUT2D eigenvalue weighted by atomic mass is 10.4. The molecule has 6 heteroatoms. The van der Waals surface area contributed by atoms with Crippen LogP contribution in [0.1, 0.15) is 13.3 Å². The molecular weight excluding hydrogens is 234 g/mol. The number of halogens is 2. The highest BCUT2D eigenvalue weighted by molar-refractivity contribution is 7.99. The van der Waals surface area contributed by atoms with Gasteiger partial charge in [0, 0.05) is 18.4 Å². The Balaban J connectivity index is 2.83. The second kappa shape index (κ2) is 6.65. The van der Waals surface area contributed by atoms with Crippen molar-refractivity contribution in [2.24, 2.45) is 0 Å². The van der Waals surface area contributed by atoms with Crippen molar-refractivity contribution in [3.63, 3.8) is 0 Å². The van der Waals surface area contributed by atoms with Crippen molar-refractivity contribution in [1.29, 1.82) is 0 Å². The highest BCUT2D eigenvalue weighted by Crippen LogP contribution is 2.23. The minimum absolute atomic E-state index is 0.0590. The van der Waals surface area contributed by atoms with Crippen molar-refractivity contribution in [1.82, 2.24) is 4.98 Å². The summed E-state index contributed by atoms with van der Waals surface area (Å²) in [5.74, 6) is -0.996. The average molecular weight is 248 g/mol. The predicted octanol–water partition coefficient (Wildman–Crippen LogP) is 2.27. The monoisotopic (exact) mass is 248 g/mol. The van der Waals surface area contributed by atoms with E-state index in [4.69, 9.17) is 5.11 Å². The van der Waals surface area contributed by atoms with Crippen LogP contribution in [0.25, 0.3) is 0 Å². The first-order valence-electron chi connectivity index (χ1n) is 5.02. The zero-order chi connectivity index (χ0) is 12.0. The number of hydrogen-bond donors (Lipinski definition) is 2. The van der Waals surface area contributed by atoms with Gasteiger partial charge >= 0.3 is 0 Å². The molecule has 1 heterocycles. The van der Waals surface area contributed by atoms with Crippen molar-refractivity contribution in [3.8, 4) is 0 Å². The Kier molecular flexibility index (Phi) is 5.48. The molecule has 16 heavy (non-hydrogen) atoms. The first-order valence-corrected chi connectivity index (χ1v) is 6.01. The largest absolute Gasteiger partial charge is 0.396 e. The summed E-state index contributed by atoms with van der Waals surface area (Å²) in [4.78, 5) is 3.84. The fourth-order valence-corrected chi connectivity index (χ4v) is 1.70. The Morgan fingerprint density at radius 2 is 2.19 bits per heavy atom. The Labute approximate surface area is 97.3 Å². The third kappa shape index (κ3) is 3.61. The molecule has 0 aliphatic heterocycles. The minimum atomic E-state index is -0.696. The lowest BCUT2D eigenvalue weighted by molar-refractivity contribution is 0.322. The number of nitrogens with zero attached hydrogens (tertiary/aromatic N) is 1. The lowest BCUT2D eigenvalue weighted by Crippen LogP contribution is -2.06. The predicted molar refractivity (Wildman–Crippen MR) is 60.7 cm³/mol. The van der Waals surface area contributed by atoms with Gasteiger partial charge in [0.1, 0.15) is 5.03 Å². The fourth-order valence-electron chi connectivity index (χ4n) is 1.06. The number of thioether (sulfide) groups is 1. The van der Waals surface area contributed by atoms with Gasteiger partial charge in [0.05, 0.1) is 6.61 Å². The fraction of sp³-hybridized carbons (Fsp3) is 0.500. The van der Waals surface area contributed by atoms with Gasteiger partial charge in [-0.25, -0.2) is 13.8 Å². The van der Waals surface area contributed by atoms with E-state index in [1.165, 1.54) is 0 Å². The normalized spacial score (nSPS) is 10.5. The van der Waals surface area contributed by atoms with Crippen LogP contribution in [-0.2, 0) is 0 Å². The molecule has 0 atom stereocenters. The number of aliphatic hydroxyl groups excluding tert-OH is 1. The van der Waals surface area contributed by atoms with E-state index in [0.29, 0.717) is 12.3 Å². The number of pyridine rings is 1. The SMILES string of the molecule is CCCNc1nc(SCCO)c(F)cc1F. The molecule has 1 rings (SSSR count). The Bertz CT molecular complexity index is 321. The summed E-state index contributed by atoms with van der Waals surface area (Å²) in [5.41, 5.74) is 0. The molecule has 0 radical (unpaired) electrons. The van der Waals surface area contributed by atoms with Crippen LogP contribution in [0.5, 0.6) is 0 Å². The van der Waals surface area contributed by atoms with E-state index in [-0.39, 0.29) is 17.5 Å². The first-order chi connectivity index (χ1) is 7.69. The molecule has 0 spiro atoms. The van der Waals surface area contributed by atoms with Crippen LogP contribution < -0.4 is 5.32 Å². The van der Waals surface area contributed by atoms with E-state index in [1.54, 1.807) is 0 Å². The smallest absolute Gasteiger partial charge is 0.168 e. The van der Waals surface area contributed by atoms with Crippen LogP contribution in [0.15, 0.2) is 11.1 Å². The van der Waals surface area contributed by atoms with Crippen molar-refractivity contribution >= 4 is 17.6 Å². The van der Waals surface area contributed by atoms with Gasteiger partial charge in [0.25, 0.3) is 0 Å². The molecular formula is C10H14F2N2OS. The summed E-state index contributed by atoms with van der Waals surface area (Å²) < 4.78 is 26.5. The summed E-state index contributed by atoms with van der Waals surface area (Å²) in [6.45, 7) is 2.45. The van der Waals surface area contributed by atoms with Gasteiger partial charge < -0.3 is 10.4 Å². The van der Waals surface area contributed by atoms with Gasteiger partial charge in [-0.15, -0.1) is 11.8 Å². The van der Waals surface area contributed by atoms with Crippen LogP contribution in [0.4, 0.5) is 14.6 Å². The molecule has 0 aliphatic carbocycles. The van der Waals surface area contributed by atoms with Gasteiger partial charge in [0.2, 0.25) is 0 Å². The van der Waals surface area contributed by atoms with Crippen molar-refractivity contribution in [2.45, 2.75) is 18.4 Å². The first kappa shape index (κ1) is 13.2. The average Bonchev–Trinajstić information content (AvgIpc) is 2.26. The van der Waals surface area contributed by atoms with E-state index in [9.17, 15) is 8.78 Å². The number of hydrogen-bond acceptors (Lipinski definition) is 4. The lowest BCUT2D eigenvalue weighted by Gasteiger charge is -2.08. The van der Waals surface area contributed by atoms with Gasteiger partial charge in [-0.3, -0.25) is 0 Å². The molecule has 0 aliphatic rings. The number of rotatable bonds is 6. The topological polar surface area (TPSA) is 45.2 Å². The number of anilines is 1. The standard InChI is InChI=1S/C10H14F2N2OS/c1-2-3-13-9-7(11)6-8(12)10(14-9)16-5-4-15/h6,15H,2-5H2,1H3,(H,13,14). The summed E-state index contributed by atoms with van der Waals surface area (Å²) in [7, 11) is 0. The third-order valence-corrected chi connectivity index (χ3v) is 2.72. The third-order valence-electron chi connectivity index (χ3n) is 1.77. The van der Waals surface area contributed by atoms with E-state index < -0.39 is 11.6 Å². The molecule has 1 aromatic rings. The molecule has 0 aromatic carbocycles. The number of aliphatic hydroxyl groups is 1. The van der Waals surface area contributed by atoms with Crippen LogP contribution >= 0.6 is 11.8 Å². The second-order valence-electron chi connectivity index (χ2n) is 3.10. The molecule has 3 nitrogen and oxygen atoms in total. The quantitative estimate of drug-likeness (QED) is 0.758. The molecule has 90 valence electrons. The molecule has 0 bridgehead atoms. The second-order valence-corrected chi connectivity index (χ2v) is 4.19. The highest BCUT2D eigenvalue weighted by atomic mass is 32.2. The van der Waals surface area contributed by atoms with E-state index in [1.807, 2.05) is 6.92 Å². The van der Waals surface area contributed by atoms with Crippen LogP contribution in [0.2, 0.25) is 0 Å². The Morgan fingerprint density at radius 3 is 2.81 bits per heavy atom. The van der Waals surface area contributed by atoms with Crippen molar-refractivity contribution in [2.75, 3.05) is 24.2 Å². The van der Waals surface area contributed by atoms with Crippen LogP contribution in [0, 0.1) is 11.6 Å². The molecule has 1 aromatic heterocycles. The van der Waals surface area contributed by atoms with Crippen molar-refractivity contribution < 1.29 is 13.9 Å². The summed E-state index contributed by atoms with van der Waals surface area (Å²) in [5, 5.41) is 11.5. The molecule has 0 fully saturated rings. The van der Waals surface area contributed by atoms with Gasteiger partial charge in [-0.1, -0.05) is 6.92 Å². The van der Waals surface area contributed by atoms with Gasteiger partial charge in [0.15, 0.2) is 17.5 Å². The maximum absolute atomic E-state index is 13.3. The zero-order valence-electron chi connectivity index (χ0n) is 8.96. The van der Waals surface area contributed by atoms with Gasteiger partial charge in [-0.2, -0.15) is 0 Å². The molecule has 0 saturated heterocycles.